The van der Waals surface area contributed by atoms with Gasteiger partial charge in [0, 0.05) is 9.35 Å². The predicted molar refractivity (Wildman–Crippen MR) is 77.2 cm³/mol. The fourth-order valence-electron chi connectivity index (χ4n) is 1.42. The molecule has 0 amide bonds. The van der Waals surface area contributed by atoms with Crippen LogP contribution in [0.5, 0.6) is 0 Å². The van der Waals surface area contributed by atoms with Crippen LogP contribution >= 0.6 is 54.8 Å². The third-order valence-corrected chi connectivity index (χ3v) is 5.54. The van der Waals surface area contributed by atoms with E-state index < -0.39 is 6.04 Å². The Morgan fingerprint density at radius 3 is 2.59 bits per heavy atom. The molecule has 2 aromatic rings. The van der Waals surface area contributed by atoms with Crippen LogP contribution in [0.2, 0.25) is 5.02 Å². The summed E-state index contributed by atoms with van der Waals surface area (Å²) in [7, 11) is 0. The molecule has 0 radical (unpaired) electrons. The van der Waals surface area contributed by atoms with Crippen LogP contribution in [-0.2, 0) is 0 Å². The first kappa shape index (κ1) is 13.5. The van der Waals surface area contributed by atoms with Crippen molar-refractivity contribution in [3.63, 3.8) is 0 Å². The van der Waals surface area contributed by atoms with Gasteiger partial charge in [0.15, 0.2) is 0 Å². The highest BCUT2D eigenvalue weighted by Gasteiger charge is 2.17. The number of halogens is 4. The Morgan fingerprint density at radius 2 is 2.00 bits per heavy atom. The van der Waals surface area contributed by atoms with Gasteiger partial charge in [-0.05, 0) is 45.8 Å². The molecular formula is C11H7Br2ClFNS. The number of nitrogens with two attached hydrogens (primary N) is 1. The predicted octanol–water partition coefficient (Wildman–Crippen LogP) is 5.11. The van der Waals surface area contributed by atoms with Crippen LogP contribution in [0.3, 0.4) is 0 Å². The molecule has 0 bridgehead atoms. The monoisotopic (exact) mass is 397 g/mol. The molecule has 1 unspecified atom stereocenters. The first-order chi connectivity index (χ1) is 7.99. The molecule has 0 aliphatic heterocycles. The normalized spacial score (nSPS) is 12.8. The molecule has 6 heteroatoms. The average molecular weight is 400 g/mol. The molecule has 1 nitrogen and oxygen atoms in total. The minimum Gasteiger partial charge on any atom is -0.320 e. The third kappa shape index (κ3) is 2.90. The Morgan fingerprint density at radius 1 is 1.29 bits per heavy atom. The molecular weight excluding hydrogens is 392 g/mol. The van der Waals surface area contributed by atoms with Crippen molar-refractivity contribution in [1.29, 1.82) is 0 Å². The summed E-state index contributed by atoms with van der Waals surface area (Å²) in [5, 5.41) is 0.618. The fourth-order valence-corrected chi connectivity index (χ4v) is 3.68. The molecule has 0 spiro atoms. The Labute approximate surface area is 124 Å². The number of benzene rings is 1. The van der Waals surface area contributed by atoms with Crippen molar-refractivity contribution in [1.82, 2.24) is 0 Å². The molecule has 90 valence electrons. The molecule has 0 aliphatic rings. The summed E-state index contributed by atoms with van der Waals surface area (Å²) in [6.07, 6.45) is 0. The standard InChI is InChI=1S/C11H7Br2ClFNS/c12-7-2-1-5(15)3-6(7)10(16)9-4-8(14)11(13)17-9/h1-4,10H,16H2. The van der Waals surface area contributed by atoms with Crippen LogP contribution in [0.4, 0.5) is 4.39 Å². The summed E-state index contributed by atoms with van der Waals surface area (Å²) in [4.78, 5) is 0.883. The highest BCUT2D eigenvalue weighted by Crippen LogP contribution is 2.38. The molecule has 1 atom stereocenters. The van der Waals surface area contributed by atoms with E-state index in [9.17, 15) is 4.39 Å². The summed E-state index contributed by atoms with van der Waals surface area (Å²) < 4.78 is 14.8. The lowest BCUT2D eigenvalue weighted by Gasteiger charge is -2.12. The van der Waals surface area contributed by atoms with E-state index in [0.717, 1.165) is 13.1 Å². The smallest absolute Gasteiger partial charge is 0.123 e. The molecule has 1 heterocycles. The zero-order chi connectivity index (χ0) is 12.6. The molecule has 2 rings (SSSR count). The van der Waals surface area contributed by atoms with Gasteiger partial charge in [-0.2, -0.15) is 0 Å². The van der Waals surface area contributed by atoms with E-state index in [1.807, 2.05) is 0 Å². The van der Waals surface area contributed by atoms with Crippen LogP contribution in [0.15, 0.2) is 32.5 Å². The van der Waals surface area contributed by atoms with E-state index in [-0.39, 0.29) is 5.82 Å². The van der Waals surface area contributed by atoms with E-state index in [4.69, 9.17) is 17.3 Å². The Kier molecular flexibility index (Phi) is 4.26. The van der Waals surface area contributed by atoms with Gasteiger partial charge >= 0.3 is 0 Å². The lowest BCUT2D eigenvalue weighted by atomic mass is 10.1. The van der Waals surface area contributed by atoms with E-state index in [0.29, 0.717) is 10.6 Å². The van der Waals surface area contributed by atoms with E-state index in [1.54, 1.807) is 12.1 Å². The maximum Gasteiger partial charge on any atom is 0.123 e. The van der Waals surface area contributed by atoms with Crippen LogP contribution in [0.25, 0.3) is 0 Å². The highest BCUT2D eigenvalue weighted by molar-refractivity contribution is 9.11. The van der Waals surface area contributed by atoms with Crippen molar-refractivity contribution in [3.05, 3.63) is 53.8 Å². The summed E-state index contributed by atoms with van der Waals surface area (Å²) in [6, 6.07) is 5.86. The maximum absolute atomic E-state index is 13.2. The number of thiophene rings is 1. The first-order valence-electron chi connectivity index (χ1n) is 4.64. The summed E-state index contributed by atoms with van der Waals surface area (Å²) in [6.45, 7) is 0. The van der Waals surface area contributed by atoms with Crippen LogP contribution in [0, 0.1) is 5.82 Å². The summed E-state index contributed by atoms with van der Waals surface area (Å²) in [5.74, 6) is -0.305. The van der Waals surface area contributed by atoms with Crippen molar-refractivity contribution < 1.29 is 4.39 Å². The van der Waals surface area contributed by atoms with Gasteiger partial charge in [0.1, 0.15) is 5.82 Å². The molecule has 0 saturated carbocycles. The lowest BCUT2D eigenvalue weighted by Crippen LogP contribution is -2.11. The Hall–Kier alpha value is 0.0600. The minimum absolute atomic E-state index is 0.305. The first-order valence-corrected chi connectivity index (χ1v) is 7.42. The average Bonchev–Trinajstić information content (AvgIpc) is 2.62. The van der Waals surface area contributed by atoms with E-state index >= 15 is 0 Å². The van der Waals surface area contributed by atoms with Crippen molar-refractivity contribution in [3.8, 4) is 0 Å². The van der Waals surface area contributed by atoms with Crippen molar-refractivity contribution in [2.75, 3.05) is 0 Å². The summed E-state index contributed by atoms with van der Waals surface area (Å²) in [5.41, 5.74) is 6.81. The van der Waals surface area contributed by atoms with E-state index in [1.165, 1.54) is 23.5 Å². The molecule has 0 saturated heterocycles. The Balaban J connectivity index is 2.42. The second kappa shape index (κ2) is 5.36. The van der Waals surface area contributed by atoms with Gasteiger partial charge in [0.05, 0.1) is 14.9 Å². The molecule has 0 aliphatic carbocycles. The van der Waals surface area contributed by atoms with Gasteiger partial charge in [0.25, 0.3) is 0 Å². The largest absolute Gasteiger partial charge is 0.320 e. The molecule has 1 aromatic heterocycles. The quantitative estimate of drug-likeness (QED) is 0.746. The van der Waals surface area contributed by atoms with Crippen molar-refractivity contribution >= 4 is 54.8 Å². The van der Waals surface area contributed by atoms with Gasteiger partial charge < -0.3 is 5.73 Å². The van der Waals surface area contributed by atoms with Gasteiger partial charge in [0.2, 0.25) is 0 Å². The zero-order valence-corrected chi connectivity index (χ0v) is 13.1. The van der Waals surface area contributed by atoms with Crippen molar-refractivity contribution in [2.45, 2.75) is 6.04 Å². The zero-order valence-electron chi connectivity index (χ0n) is 8.38. The van der Waals surface area contributed by atoms with E-state index in [2.05, 4.69) is 31.9 Å². The van der Waals surface area contributed by atoms with Gasteiger partial charge in [-0.1, -0.05) is 27.5 Å². The van der Waals surface area contributed by atoms with Crippen LogP contribution in [-0.4, -0.2) is 0 Å². The topological polar surface area (TPSA) is 26.0 Å². The van der Waals surface area contributed by atoms with Gasteiger partial charge in [-0.25, -0.2) is 4.39 Å². The maximum atomic E-state index is 13.2. The molecule has 2 N–H and O–H groups in total. The number of hydrogen-bond acceptors (Lipinski definition) is 2. The number of rotatable bonds is 2. The van der Waals surface area contributed by atoms with Crippen LogP contribution < -0.4 is 5.73 Å². The summed E-state index contributed by atoms with van der Waals surface area (Å²) >= 11 is 14.1. The van der Waals surface area contributed by atoms with Crippen LogP contribution in [0.1, 0.15) is 16.5 Å². The van der Waals surface area contributed by atoms with Gasteiger partial charge in [-0.3, -0.25) is 0 Å². The Bertz CT molecular complexity index is 539. The third-order valence-electron chi connectivity index (χ3n) is 2.26. The second-order valence-electron chi connectivity index (χ2n) is 3.41. The van der Waals surface area contributed by atoms with Crippen molar-refractivity contribution in [2.24, 2.45) is 5.73 Å². The molecule has 0 fully saturated rings. The number of hydrogen-bond donors (Lipinski definition) is 1. The lowest BCUT2D eigenvalue weighted by molar-refractivity contribution is 0.623. The molecule has 17 heavy (non-hydrogen) atoms. The highest BCUT2D eigenvalue weighted by atomic mass is 79.9. The molecule has 1 aromatic carbocycles. The van der Waals surface area contributed by atoms with Gasteiger partial charge in [-0.15, -0.1) is 11.3 Å². The fraction of sp³-hybridized carbons (Fsp3) is 0.0909. The minimum atomic E-state index is -0.395. The second-order valence-corrected chi connectivity index (χ2v) is 7.08. The SMILES string of the molecule is NC(c1cc(Cl)c(Br)s1)c1cc(F)ccc1Br.